The van der Waals surface area contributed by atoms with E-state index in [4.69, 9.17) is 15.0 Å². The van der Waals surface area contributed by atoms with Gasteiger partial charge in [0.2, 0.25) is 0 Å². The summed E-state index contributed by atoms with van der Waals surface area (Å²) in [5.41, 5.74) is 2.53. The van der Waals surface area contributed by atoms with Gasteiger partial charge in [0.1, 0.15) is 12.0 Å². The molecular formula is C11H17N3O3. The van der Waals surface area contributed by atoms with Crippen molar-refractivity contribution in [1.29, 1.82) is 0 Å². The number of nitrogen functional groups attached to an aromatic ring is 1. The van der Waals surface area contributed by atoms with E-state index in [9.17, 15) is 4.79 Å². The van der Waals surface area contributed by atoms with Gasteiger partial charge in [-0.05, 0) is 12.5 Å². The molecular weight excluding hydrogens is 222 g/mol. The maximum Gasteiger partial charge on any atom is 0.268 e. The number of ether oxygens (including phenoxy) is 1. The third kappa shape index (κ3) is 3.29. The van der Waals surface area contributed by atoms with Crippen LogP contribution in [0.15, 0.2) is 16.7 Å². The van der Waals surface area contributed by atoms with Crippen LogP contribution in [0.2, 0.25) is 0 Å². The number of carbonyl (C=O) groups is 1. The van der Waals surface area contributed by atoms with Crippen molar-refractivity contribution in [3.05, 3.63) is 23.7 Å². The largest absolute Gasteiger partial charge is 0.467 e. The Morgan fingerprint density at radius 1 is 1.47 bits per heavy atom. The molecule has 0 aliphatic carbocycles. The first-order valence-electron chi connectivity index (χ1n) is 5.68. The first kappa shape index (κ1) is 12.1. The van der Waals surface area contributed by atoms with Crippen molar-refractivity contribution in [3.8, 4) is 0 Å². The van der Waals surface area contributed by atoms with E-state index in [1.54, 1.807) is 6.07 Å². The summed E-state index contributed by atoms with van der Waals surface area (Å²) in [7, 11) is 0. The fraction of sp³-hybridized carbons (Fsp3) is 0.545. The summed E-state index contributed by atoms with van der Waals surface area (Å²) >= 11 is 0. The zero-order chi connectivity index (χ0) is 12.1. The molecule has 1 aromatic rings. The van der Waals surface area contributed by atoms with Crippen LogP contribution in [0, 0.1) is 0 Å². The van der Waals surface area contributed by atoms with Crippen LogP contribution < -0.4 is 11.3 Å². The van der Waals surface area contributed by atoms with Crippen LogP contribution in [0.5, 0.6) is 0 Å². The Morgan fingerprint density at radius 2 is 2.35 bits per heavy atom. The molecule has 0 bridgehead atoms. The number of hydrazine groups is 1. The Balaban J connectivity index is 1.93. The molecule has 0 saturated carbocycles. The molecule has 1 amide bonds. The number of hydrogen-bond acceptors (Lipinski definition) is 5. The predicted molar refractivity (Wildman–Crippen MR) is 61.1 cm³/mol. The topological polar surface area (TPSA) is 80.7 Å². The molecule has 1 saturated heterocycles. The predicted octanol–water partition coefficient (Wildman–Crippen LogP) is 0.105. The minimum Gasteiger partial charge on any atom is -0.467 e. The van der Waals surface area contributed by atoms with Crippen LogP contribution >= 0.6 is 0 Å². The van der Waals surface area contributed by atoms with E-state index in [0.717, 1.165) is 38.5 Å². The molecule has 1 aromatic heterocycles. The summed E-state index contributed by atoms with van der Waals surface area (Å²) in [5, 5.41) is 0. The van der Waals surface area contributed by atoms with Crippen molar-refractivity contribution >= 4 is 5.91 Å². The first-order valence-corrected chi connectivity index (χ1v) is 5.68. The van der Waals surface area contributed by atoms with Crippen molar-refractivity contribution in [2.75, 3.05) is 26.3 Å². The van der Waals surface area contributed by atoms with Gasteiger partial charge < -0.3 is 9.15 Å². The van der Waals surface area contributed by atoms with E-state index >= 15 is 0 Å². The van der Waals surface area contributed by atoms with Gasteiger partial charge in [0.15, 0.2) is 0 Å². The van der Waals surface area contributed by atoms with E-state index < -0.39 is 0 Å². The highest BCUT2D eigenvalue weighted by Crippen LogP contribution is 2.11. The smallest absolute Gasteiger partial charge is 0.268 e. The fourth-order valence-corrected chi connectivity index (χ4v) is 1.84. The lowest BCUT2D eigenvalue weighted by Crippen LogP contribution is -2.29. The highest BCUT2D eigenvalue weighted by atomic mass is 16.5. The van der Waals surface area contributed by atoms with E-state index in [1.165, 1.54) is 6.26 Å². The third-order valence-electron chi connectivity index (χ3n) is 2.74. The Labute approximate surface area is 99.7 Å². The minimum atomic E-state index is -0.334. The lowest BCUT2D eigenvalue weighted by atomic mass is 10.3. The zero-order valence-electron chi connectivity index (χ0n) is 9.65. The average molecular weight is 239 g/mol. The highest BCUT2D eigenvalue weighted by Gasteiger charge is 2.13. The number of rotatable bonds is 3. The Bertz CT molecular complexity index is 370. The maximum absolute atomic E-state index is 11.2. The summed E-state index contributed by atoms with van der Waals surface area (Å²) in [5.74, 6) is 5.48. The average Bonchev–Trinajstić information content (AvgIpc) is 2.65. The van der Waals surface area contributed by atoms with E-state index in [2.05, 4.69) is 10.3 Å². The summed E-state index contributed by atoms with van der Waals surface area (Å²) in [6.07, 6.45) is 2.45. The van der Waals surface area contributed by atoms with Gasteiger partial charge in [-0.2, -0.15) is 0 Å². The van der Waals surface area contributed by atoms with E-state index in [1.807, 2.05) is 0 Å². The molecule has 1 aliphatic heterocycles. The Hall–Kier alpha value is -1.37. The van der Waals surface area contributed by atoms with Gasteiger partial charge >= 0.3 is 0 Å². The summed E-state index contributed by atoms with van der Waals surface area (Å²) < 4.78 is 10.7. The molecule has 0 spiro atoms. The SMILES string of the molecule is NNC(=O)c1coc(CN2CCCOCC2)c1. The first-order chi connectivity index (χ1) is 8.29. The molecule has 0 atom stereocenters. The van der Waals surface area contributed by atoms with Crippen molar-refractivity contribution in [3.63, 3.8) is 0 Å². The zero-order valence-corrected chi connectivity index (χ0v) is 9.65. The second-order valence-corrected chi connectivity index (χ2v) is 4.02. The third-order valence-corrected chi connectivity index (χ3v) is 2.74. The molecule has 1 fully saturated rings. The Morgan fingerprint density at radius 3 is 3.18 bits per heavy atom. The molecule has 6 heteroatoms. The molecule has 2 heterocycles. The summed E-state index contributed by atoms with van der Waals surface area (Å²) in [6, 6.07) is 1.72. The number of amides is 1. The number of carbonyl (C=O) groups excluding carboxylic acids is 1. The molecule has 6 nitrogen and oxygen atoms in total. The second kappa shape index (κ2) is 5.81. The summed E-state index contributed by atoms with van der Waals surface area (Å²) in [6.45, 7) is 4.13. The number of nitrogens with two attached hydrogens (primary N) is 1. The molecule has 1 aliphatic rings. The quantitative estimate of drug-likeness (QED) is 0.444. The molecule has 0 unspecified atom stereocenters. The molecule has 0 radical (unpaired) electrons. The van der Waals surface area contributed by atoms with E-state index in [-0.39, 0.29) is 5.91 Å². The fourth-order valence-electron chi connectivity index (χ4n) is 1.84. The van der Waals surface area contributed by atoms with Gasteiger partial charge in [-0.1, -0.05) is 0 Å². The number of nitrogens with zero attached hydrogens (tertiary/aromatic N) is 1. The van der Waals surface area contributed by atoms with Crippen LogP contribution in [-0.2, 0) is 11.3 Å². The number of furan rings is 1. The molecule has 2 rings (SSSR count). The normalized spacial score (nSPS) is 17.7. The van der Waals surface area contributed by atoms with Crippen molar-refractivity contribution in [1.82, 2.24) is 10.3 Å². The van der Waals surface area contributed by atoms with Crippen molar-refractivity contribution in [2.45, 2.75) is 13.0 Å². The van der Waals surface area contributed by atoms with Crippen molar-refractivity contribution < 1.29 is 13.9 Å². The van der Waals surface area contributed by atoms with Crippen molar-refractivity contribution in [2.24, 2.45) is 5.84 Å². The molecule has 0 aromatic carbocycles. The van der Waals surface area contributed by atoms with Crippen LogP contribution in [-0.4, -0.2) is 37.1 Å². The summed E-state index contributed by atoms with van der Waals surface area (Å²) in [4.78, 5) is 13.5. The van der Waals surface area contributed by atoms with Crippen LogP contribution in [0.3, 0.4) is 0 Å². The number of hydrogen-bond donors (Lipinski definition) is 2. The van der Waals surface area contributed by atoms with Gasteiger partial charge in [0.05, 0.1) is 18.7 Å². The Kier molecular flexibility index (Phi) is 4.13. The van der Waals surface area contributed by atoms with Crippen LogP contribution in [0.1, 0.15) is 22.5 Å². The van der Waals surface area contributed by atoms with E-state index in [0.29, 0.717) is 12.1 Å². The van der Waals surface area contributed by atoms with Gasteiger partial charge in [0, 0.05) is 19.7 Å². The lowest BCUT2D eigenvalue weighted by molar-refractivity contribution is 0.0953. The minimum absolute atomic E-state index is 0.334. The number of nitrogens with one attached hydrogen (secondary N) is 1. The molecule has 94 valence electrons. The highest BCUT2D eigenvalue weighted by molar-refractivity contribution is 5.93. The molecule has 3 N–H and O–H groups in total. The second-order valence-electron chi connectivity index (χ2n) is 4.02. The standard InChI is InChI=1S/C11H17N3O3/c12-13-11(15)9-6-10(17-8-9)7-14-2-1-4-16-5-3-14/h6,8H,1-5,7,12H2,(H,13,15). The lowest BCUT2D eigenvalue weighted by Gasteiger charge is -2.16. The van der Waals surface area contributed by atoms with Gasteiger partial charge in [0.25, 0.3) is 5.91 Å². The van der Waals surface area contributed by atoms with Crippen LogP contribution in [0.4, 0.5) is 0 Å². The monoisotopic (exact) mass is 239 g/mol. The molecule has 17 heavy (non-hydrogen) atoms. The van der Waals surface area contributed by atoms with Crippen LogP contribution in [0.25, 0.3) is 0 Å². The van der Waals surface area contributed by atoms with Gasteiger partial charge in [-0.3, -0.25) is 15.1 Å². The van der Waals surface area contributed by atoms with Gasteiger partial charge in [-0.25, -0.2) is 5.84 Å². The maximum atomic E-state index is 11.2. The van der Waals surface area contributed by atoms with Gasteiger partial charge in [-0.15, -0.1) is 0 Å².